The van der Waals surface area contributed by atoms with Crippen molar-refractivity contribution in [3.63, 3.8) is 0 Å². The Balaban J connectivity index is 2.12. The number of alkyl halides is 2. The van der Waals surface area contributed by atoms with Crippen molar-refractivity contribution in [2.24, 2.45) is 0 Å². The van der Waals surface area contributed by atoms with Crippen LogP contribution in [0.25, 0.3) is 0 Å². The molecule has 0 radical (unpaired) electrons. The number of hydrogen-bond donors (Lipinski definition) is 2. The number of benzene rings is 1. The van der Waals surface area contributed by atoms with E-state index >= 15 is 0 Å². The van der Waals surface area contributed by atoms with E-state index in [0.717, 1.165) is 0 Å². The van der Waals surface area contributed by atoms with Crippen LogP contribution < -0.4 is 10.9 Å². The molecular formula is C12H10ClF2N3O. The van der Waals surface area contributed by atoms with Crippen LogP contribution >= 0.6 is 11.6 Å². The molecule has 0 saturated heterocycles. The highest BCUT2D eigenvalue weighted by atomic mass is 35.5. The Morgan fingerprint density at radius 2 is 2.00 bits per heavy atom. The first-order valence-corrected chi connectivity index (χ1v) is 5.79. The topological polar surface area (TPSA) is 57.8 Å². The average Bonchev–Trinajstić information content (AvgIpc) is 2.39. The van der Waals surface area contributed by atoms with E-state index in [4.69, 9.17) is 11.6 Å². The predicted octanol–water partition coefficient (Wildman–Crippen LogP) is 2.63. The van der Waals surface area contributed by atoms with Gasteiger partial charge in [0, 0.05) is 5.56 Å². The third-order valence-corrected chi connectivity index (χ3v) is 2.62. The normalized spacial score (nSPS) is 11.3. The lowest BCUT2D eigenvalue weighted by Crippen LogP contribution is -2.27. The zero-order chi connectivity index (χ0) is 13.9. The fourth-order valence-corrected chi connectivity index (χ4v) is 1.62. The zero-order valence-electron chi connectivity index (χ0n) is 9.66. The largest absolute Gasteiger partial charge is 0.359 e. The van der Waals surface area contributed by atoms with Gasteiger partial charge in [-0.3, -0.25) is 4.79 Å². The molecule has 0 aliphatic heterocycles. The van der Waals surface area contributed by atoms with Crippen molar-refractivity contribution in [2.45, 2.75) is 5.92 Å². The standard InChI is InChI=1S/C12H10ClF2N3O/c13-9-6-16-10(11(19)18-9)17-7-12(14,15)8-4-2-1-3-5-8/h1-6H,7H2,(H,16,17)(H,18,19). The number of aromatic nitrogens is 2. The first kappa shape index (κ1) is 13.5. The number of anilines is 1. The van der Waals surface area contributed by atoms with Crippen molar-refractivity contribution in [1.29, 1.82) is 0 Å². The van der Waals surface area contributed by atoms with Gasteiger partial charge in [0.15, 0.2) is 5.82 Å². The first-order chi connectivity index (χ1) is 8.99. The van der Waals surface area contributed by atoms with Crippen molar-refractivity contribution in [1.82, 2.24) is 9.97 Å². The minimum Gasteiger partial charge on any atom is -0.359 e. The Kier molecular flexibility index (Phi) is 3.80. The Labute approximate surface area is 112 Å². The molecule has 1 heterocycles. The van der Waals surface area contributed by atoms with Crippen molar-refractivity contribution in [2.75, 3.05) is 11.9 Å². The molecule has 19 heavy (non-hydrogen) atoms. The van der Waals surface area contributed by atoms with Gasteiger partial charge in [-0.1, -0.05) is 41.9 Å². The monoisotopic (exact) mass is 285 g/mol. The molecule has 100 valence electrons. The van der Waals surface area contributed by atoms with E-state index in [1.807, 2.05) is 0 Å². The van der Waals surface area contributed by atoms with Gasteiger partial charge in [0.2, 0.25) is 0 Å². The second-order valence-electron chi connectivity index (χ2n) is 3.83. The van der Waals surface area contributed by atoms with Crippen LogP contribution in [0.4, 0.5) is 14.6 Å². The molecule has 0 aliphatic rings. The van der Waals surface area contributed by atoms with Crippen molar-refractivity contribution in [3.8, 4) is 0 Å². The molecule has 0 unspecified atom stereocenters. The van der Waals surface area contributed by atoms with Crippen LogP contribution in [0, 0.1) is 0 Å². The van der Waals surface area contributed by atoms with Crippen LogP contribution in [0.1, 0.15) is 5.56 Å². The predicted molar refractivity (Wildman–Crippen MR) is 68.7 cm³/mol. The van der Waals surface area contributed by atoms with Crippen LogP contribution in [0.15, 0.2) is 41.3 Å². The number of nitrogens with one attached hydrogen (secondary N) is 2. The Morgan fingerprint density at radius 1 is 1.32 bits per heavy atom. The lowest BCUT2D eigenvalue weighted by molar-refractivity contribution is 0.0105. The third kappa shape index (κ3) is 3.29. The van der Waals surface area contributed by atoms with Crippen molar-refractivity contribution >= 4 is 17.4 Å². The molecule has 1 aromatic heterocycles. The SMILES string of the molecule is O=c1[nH]c(Cl)cnc1NCC(F)(F)c1ccccc1. The van der Waals surface area contributed by atoms with E-state index in [0.29, 0.717) is 0 Å². The summed E-state index contributed by atoms with van der Waals surface area (Å²) in [7, 11) is 0. The minimum absolute atomic E-state index is 0.0466. The average molecular weight is 286 g/mol. The fourth-order valence-electron chi connectivity index (χ4n) is 1.48. The molecule has 0 spiro atoms. The summed E-state index contributed by atoms with van der Waals surface area (Å²) in [4.78, 5) is 17.3. The van der Waals surface area contributed by atoms with Crippen molar-refractivity contribution in [3.05, 3.63) is 57.6 Å². The number of nitrogens with zero attached hydrogens (tertiary/aromatic N) is 1. The number of halogens is 3. The highest BCUT2D eigenvalue weighted by molar-refractivity contribution is 6.29. The maximum absolute atomic E-state index is 13.8. The van der Waals surface area contributed by atoms with Gasteiger partial charge in [-0.05, 0) is 0 Å². The van der Waals surface area contributed by atoms with E-state index < -0.39 is 18.0 Å². The summed E-state index contributed by atoms with van der Waals surface area (Å²) in [6, 6.07) is 7.34. The summed E-state index contributed by atoms with van der Waals surface area (Å²) in [6.07, 6.45) is 1.17. The van der Waals surface area contributed by atoms with Gasteiger partial charge in [0.1, 0.15) is 5.15 Å². The van der Waals surface area contributed by atoms with Crippen LogP contribution in [-0.4, -0.2) is 16.5 Å². The van der Waals surface area contributed by atoms with Crippen LogP contribution in [0.3, 0.4) is 0 Å². The molecule has 0 aliphatic carbocycles. The first-order valence-electron chi connectivity index (χ1n) is 5.41. The van der Waals surface area contributed by atoms with Gasteiger partial charge in [-0.15, -0.1) is 0 Å². The second-order valence-corrected chi connectivity index (χ2v) is 4.24. The van der Waals surface area contributed by atoms with Crippen LogP contribution in [-0.2, 0) is 5.92 Å². The van der Waals surface area contributed by atoms with E-state index in [1.165, 1.54) is 30.5 Å². The summed E-state index contributed by atoms with van der Waals surface area (Å²) in [5, 5.41) is 2.36. The van der Waals surface area contributed by atoms with Crippen LogP contribution in [0.2, 0.25) is 5.15 Å². The summed E-state index contributed by atoms with van der Waals surface area (Å²) < 4.78 is 27.6. The Morgan fingerprint density at radius 3 is 2.63 bits per heavy atom. The van der Waals surface area contributed by atoms with Crippen LogP contribution in [0.5, 0.6) is 0 Å². The molecule has 0 saturated carbocycles. The molecule has 4 nitrogen and oxygen atoms in total. The quantitative estimate of drug-likeness (QED) is 0.908. The third-order valence-electron chi connectivity index (χ3n) is 2.43. The highest BCUT2D eigenvalue weighted by Gasteiger charge is 2.31. The number of H-pyrrole nitrogens is 1. The summed E-state index contributed by atoms with van der Waals surface area (Å²) in [5.41, 5.74) is -0.774. The molecule has 0 bridgehead atoms. The second kappa shape index (κ2) is 5.36. The highest BCUT2D eigenvalue weighted by Crippen LogP contribution is 2.27. The van der Waals surface area contributed by atoms with E-state index in [1.54, 1.807) is 6.07 Å². The maximum Gasteiger partial charge on any atom is 0.291 e. The number of rotatable bonds is 4. The molecule has 2 rings (SSSR count). The molecule has 2 aromatic rings. The van der Waals surface area contributed by atoms with Gasteiger partial charge in [-0.25, -0.2) is 4.98 Å². The van der Waals surface area contributed by atoms with Crippen molar-refractivity contribution < 1.29 is 8.78 Å². The van der Waals surface area contributed by atoms with Gasteiger partial charge in [0.25, 0.3) is 11.5 Å². The van der Waals surface area contributed by atoms with Gasteiger partial charge >= 0.3 is 0 Å². The van der Waals surface area contributed by atoms with Gasteiger partial charge in [0.05, 0.1) is 12.7 Å². The zero-order valence-corrected chi connectivity index (χ0v) is 10.4. The molecule has 0 amide bonds. The lowest BCUT2D eigenvalue weighted by Gasteiger charge is -2.17. The summed E-state index contributed by atoms with van der Waals surface area (Å²) >= 11 is 5.51. The number of hydrogen-bond acceptors (Lipinski definition) is 3. The Hall–Kier alpha value is -1.95. The lowest BCUT2D eigenvalue weighted by atomic mass is 10.1. The number of aromatic amines is 1. The smallest absolute Gasteiger partial charge is 0.291 e. The molecule has 7 heteroatoms. The minimum atomic E-state index is -3.10. The Bertz CT molecular complexity index is 616. The molecule has 0 atom stereocenters. The van der Waals surface area contributed by atoms with Gasteiger partial charge < -0.3 is 10.3 Å². The fraction of sp³-hybridized carbons (Fsp3) is 0.167. The summed E-state index contributed by atoms with van der Waals surface area (Å²) in [5.74, 6) is -3.30. The molecule has 1 aromatic carbocycles. The molecule has 0 fully saturated rings. The summed E-state index contributed by atoms with van der Waals surface area (Å²) in [6.45, 7) is -0.727. The maximum atomic E-state index is 13.8. The van der Waals surface area contributed by atoms with E-state index in [-0.39, 0.29) is 16.5 Å². The van der Waals surface area contributed by atoms with Gasteiger partial charge in [-0.2, -0.15) is 8.78 Å². The van der Waals surface area contributed by atoms with E-state index in [2.05, 4.69) is 15.3 Å². The molecule has 2 N–H and O–H groups in total. The molecular weight excluding hydrogens is 276 g/mol. The van der Waals surface area contributed by atoms with E-state index in [9.17, 15) is 13.6 Å².